The van der Waals surface area contributed by atoms with Crippen molar-refractivity contribution >= 4 is 0 Å². The lowest BCUT2D eigenvalue weighted by Gasteiger charge is -2.43. The summed E-state index contributed by atoms with van der Waals surface area (Å²) >= 11 is 0. The van der Waals surface area contributed by atoms with Crippen molar-refractivity contribution in [3.63, 3.8) is 0 Å². The second-order valence-corrected chi connectivity index (χ2v) is 3.86. The summed E-state index contributed by atoms with van der Waals surface area (Å²) in [4.78, 5) is 0. The Hall–Kier alpha value is -1.26. The minimum Gasteiger partial charge on any atom is -0.475 e. The zero-order valence-corrected chi connectivity index (χ0v) is 8.15. The Morgan fingerprint density at radius 1 is 1.14 bits per heavy atom. The second-order valence-electron chi connectivity index (χ2n) is 3.86. The number of benzene rings is 1. The van der Waals surface area contributed by atoms with E-state index in [1.165, 1.54) is 0 Å². The van der Waals surface area contributed by atoms with Crippen molar-refractivity contribution in [1.82, 2.24) is 0 Å². The number of ether oxygens (including phenoxy) is 2. The van der Waals surface area contributed by atoms with E-state index in [0.717, 1.165) is 0 Å². The van der Waals surface area contributed by atoms with Crippen LogP contribution in [0.25, 0.3) is 0 Å². The SMILES string of the molecule is CC1(C)Oc2ccccc2OC1(N)O. The third kappa shape index (κ3) is 1.23. The van der Waals surface area contributed by atoms with E-state index in [2.05, 4.69) is 0 Å². The van der Waals surface area contributed by atoms with Crippen LogP contribution in [0.5, 0.6) is 11.5 Å². The Morgan fingerprint density at radius 3 is 2.21 bits per heavy atom. The number of hydrogen-bond donors (Lipinski definition) is 2. The lowest BCUT2D eigenvalue weighted by Crippen LogP contribution is -2.66. The zero-order chi connectivity index (χ0) is 10.4. The number of para-hydroxylation sites is 2. The summed E-state index contributed by atoms with van der Waals surface area (Å²) in [5.41, 5.74) is 4.61. The largest absolute Gasteiger partial charge is 0.475 e. The smallest absolute Gasteiger partial charge is 0.306 e. The molecule has 0 saturated carbocycles. The van der Waals surface area contributed by atoms with Gasteiger partial charge in [-0.05, 0) is 26.0 Å². The topological polar surface area (TPSA) is 64.7 Å². The molecule has 1 aromatic rings. The molecule has 1 unspecified atom stereocenters. The van der Waals surface area contributed by atoms with Gasteiger partial charge in [-0.1, -0.05) is 12.1 Å². The van der Waals surface area contributed by atoms with Crippen LogP contribution in [0, 0.1) is 0 Å². The average molecular weight is 195 g/mol. The van der Waals surface area contributed by atoms with Gasteiger partial charge in [0.25, 0.3) is 0 Å². The van der Waals surface area contributed by atoms with Gasteiger partial charge in [-0.2, -0.15) is 0 Å². The Labute approximate surface area is 82.2 Å². The summed E-state index contributed by atoms with van der Waals surface area (Å²) in [7, 11) is 0. The molecule has 3 N–H and O–H groups in total. The van der Waals surface area contributed by atoms with E-state index in [9.17, 15) is 5.11 Å². The van der Waals surface area contributed by atoms with E-state index in [-0.39, 0.29) is 0 Å². The van der Waals surface area contributed by atoms with Crippen molar-refractivity contribution < 1.29 is 14.6 Å². The van der Waals surface area contributed by atoms with Gasteiger partial charge in [0.05, 0.1) is 0 Å². The van der Waals surface area contributed by atoms with Crippen LogP contribution in [-0.2, 0) is 0 Å². The van der Waals surface area contributed by atoms with Crippen LogP contribution in [0.3, 0.4) is 0 Å². The summed E-state index contributed by atoms with van der Waals surface area (Å²) in [6, 6.07) is 7.09. The molecule has 0 fully saturated rings. The average Bonchev–Trinajstić information content (AvgIpc) is 2.05. The highest BCUT2D eigenvalue weighted by Crippen LogP contribution is 2.39. The zero-order valence-electron chi connectivity index (χ0n) is 8.15. The van der Waals surface area contributed by atoms with Gasteiger partial charge in [-0.3, -0.25) is 5.73 Å². The van der Waals surface area contributed by atoms with Gasteiger partial charge < -0.3 is 14.6 Å². The highest BCUT2D eigenvalue weighted by Gasteiger charge is 2.49. The molecular weight excluding hydrogens is 182 g/mol. The van der Waals surface area contributed by atoms with E-state index in [0.29, 0.717) is 11.5 Å². The first kappa shape index (κ1) is 9.30. The maximum Gasteiger partial charge on any atom is 0.306 e. The molecule has 0 radical (unpaired) electrons. The Balaban J connectivity index is 2.46. The van der Waals surface area contributed by atoms with E-state index < -0.39 is 11.5 Å². The molecule has 1 heterocycles. The van der Waals surface area contributed by atoms with E-state index in [1.54, 1.807) is 32.0 Å². The van der Waals surface area contributed by atoms with E-state index in [1.807, 2.05) is 6.07 Å². The molecule has 4 nitrogen and oxygen atoms in total. The molecular formula is C10H13NO3. The third-order valence-corrected chi connectivity index (χ3v) is 2.34. The molecule has 0 saturated heterocycles. The van der Waals surface area contributed by atoms with Crippen LogP contribution >= 0.6 is 0 Å². The fraction of sp³-hybridized carbons (Fsp3) is 0.400. The minimum absolute atomic E-state index is 0.455. The number of nitrogens with two attached hydrogens (primary N) is 1. The predicted molar refractivity (Wildman–Crippen MR) is 50.9 cm³/mol. The summed E-state index contributed by atoms with van der Waals surface area (Å²) in [5, 5.41) is 9.78. The summed E-state index contributed by atoms with van der Waals surface area (Å²) in [5.74, 6) is -0.758. The van der Waals surface area contributed by atoms with Crippen LogP contribution in [0.2, 0.25) is 0 Å². The van der Waals surface area contributed by atoms with Crippen LogP contribution in [0.4, 0.5) is 0 Å². The third-order valence-electron chi connectivity index (χ3n) is 2.34. The minimum atomic E-state index is -1.80. The van der Waals surface area contributed by atoms with Crippen LogP contribution in [-0.4, -0.2) is 16.6 Å². The van der Waals surface area contributed by atoms with Gasteiger partial charge in [0.1, 0.15) is 0 Å². The molecule has 1 aliphatic rings. The molecule has 1 aromatic carbocycles. The van der Waals surface area contributed by atoms with Crippen molar-refractivity contribution in [2.45, 2.75) is 25.4 Å². The normalized spacial score (nSPS) is 28.6. The number of rotatable bonds is 0. The monoisotopic (exact) mass is 195 g/mol. The summed E-state index contributed by atoms with van der Waals surface area (Å²) in [6.45, 7) is 3.34. The van der Waals surface area contributed by atoms with E-state index >= 15 is 0 Å². The van der Waals surface area contributed by atoms with Crippen molar-refractivity contribution in [2.24, 2.45) is 5.73 Å². The second kappa shape index (κ2) is 2.62. The van der Waals surface area contributed by atoms with E-state index in [4.69, 9.17) is 15.2 Å². The lowest BCUT2D eigenvalue weighted by molar-refractivity contribution is -0.246. The lowest BCUT2D eigenvalue weighted by atomic mass is 10.0. The van der Waals surface area contributed by atoms with Gasteiger partial charge in [-0.15, -0.1) is 0 Å². The molecule has 1 atom stereocenters. The Bertz CT molecular complexity index is 325. The fourth-order valence-corrected chi connectivity index (χ4v) is 1.26. The standard InChI is InChI=1S/C10H13NO3/c1-9(2)10(11,12)14-8-6-4-3-5-7(8)13-9/h3-6,12H,11H2,1-2H3. The first-order chi connectivity index (χ1) is 6.42. The first-order valence-corrected chi connectivity index (χ1v) is 4.41. The van der Waals surface area contributed by atoms with Crippen LogP contribution in [0.1, 0.15) is 13.8 Å². The predicted octanol–water partition coefficient (Wildman–Crippen LogP) is 0.841. The summed E-state index contributed by atoms with van der Waals surface area (Å²) < 4.78 is 10.8. The quantitative estimate of drug-likeness (QED) is 0.602. The fourth-order valence-electron chi connectivity index (χ4n) is 1.26. The molecule has 4 heteroatoms. The number of hydrogen-bond acceptors (Lipinski definition) is 4. The molecule has 76 valence electrons. The maximum absolute atomic E-state index is 9.78. The number of aliphatic hydroxyl groups is 1. The molecule has 0 bridgehead atoms. The molecule has 1 aliphatic heterocycles. The highest BCUT2D eigenvalue weighted by atomic mass is 16.7. The van der Waals surface area contributed by atoms with Crippen molar-refractivity contribution in [3.05, 3.63) is 24.3 Å². The molecule has 0 aliphatic carbocycles. The Morgan fingerprint density at radius 2 is 1.64 bits per heavy atom. The van der Waals surface area contributed by atoms with Gasteiger partial charge in [0.2, 0.25) is 0 Å². The van der Waals surface area contributed by atoms with Gasteiger partial charge in [0, 0.05) is 0 Å². The van der Waals surface area contributed by atoms with Gasteiger partial charge in [0.15, 0.2) is 17.1 Å². The number of fused-ring (bicyclic) bond motifs is 1. The van der Waals surface area contributed by atoms with Crippen molar-refractivity contribution in [1.29, 1.82) is 0 Å². The van der Waals surface area contributed by atoms with Crippen LogP contribution < -0.4 is 15.2 Å². The molecule has 0 amide bonds. The molecule has 2 rings (SSSR count). The van der Waals surface area contributed by atoms with Gasteiger partial charge in [-0.25, -0.2) is 0 Å². The van der Waals surface area contributed by atoms with Gasteiger partial charge >= 0.3 is 5.91 Å². The van der Waals surface area contributed by atoms with Crippen LogP contribution in [0.15, 0.2) is 24.3 Å². The van der Waals surface area contributed by atoms with Crippen molar-refractivity contribution in [3.8, 4) is 11.5 Å². The summed E-state index contributed by atoms with van der Waals surface area (Å²) in [6.07, 6.45) is 0. The highest BCUT2D eigenvalue weighted by molar-refractivity contribution is 5.42. The molecule has 0 aromatic heterocycles. The molecule has 0 spiro atoms. The first-order valence-electron chi connectivity index (χ1n) is 4.41. The molecule has 14 heavy (non-hydrogen) atoms. The Kier molecular flexibility index (Phi) is 1.74. The maximum atomic E-state index is 9.78. The van der Waals surface area contributed by atoms with Crippen molar-refractivity contribution in [2.75, 3.05) is 0 Å².